The molecule has 2 aromatic carbocycles. The lowest BCUT2D eigenvalue weighted by Gasteiger charge is -2.10. The van der Waals surface area contributed by atoms with Gasteiger partial charge in [0.05, 0.1) is 17.0 Å². The molecule has 1 aromatic heterocycles. The molecule has 0 aliphatic rings. The lowest BCUT2D eigenvalue weighted by molar-refractivity contribution is 0.0606. The summed E-state index contributed by atoms with van der Waals surface area (Å²) in [6.45, 7) is 0.519. The molecule has 0 amide bonds. The molecule has 0 bridgehead atoms. The van der Waals surface area contributed by atoms with Crippen LogP contribution < -0.4 is 10.1 Å². The van der Waals surface area contributed by atoms with Gasteiger partial charge in [-0.25, -0.2) is 4.79 Å². The van der Waals surface area contributed by atoms with Gasteiger partial charge in [-0.2, -0.15) is 0 Å². The fourth-order valence-corrected chi connectivity index (χ4v) is 4.07. The van der Waals surface area contributed by atoms with E-state index in [1.165, 1.54) is 18.4 Å². The number of rotatable bonds is 7. The van der Waals surface area contributed by atoms with Gasteiger partial charge in [-0.05, 0) is 30.0 Å². The van der Waals surface area contributed by atoms with Crippen LogP contribution in [-0.4, -0.2) is 19.3 Å². The lowest BCUT2D eigenvalue weighted by atomic mass is 10.2. The maximum atomic E-state index is 11.8. The van der Waals surface area contributed by atoms with Crippen molar-refractivity contribution < 1.29 is 14.3 Å². The topological polar surface area (TPSA) is 47.6 Å². The van der Waals surface area contributed by atoms with E-state index < -0.39 is 0 Å². The number of methoxy groups -OCH3 is 1. The molecule has 0 saturated carbocycles. The van der Waals surface area contributed by atoms with Crippen LogP contribution in [0.15, 0.2) is 64.9 Å². The Morgan fingerprint density at radius 3 is 2.65 bits per heavy atom. The average Bonchev–Trinajstić information content (AvgIpc) is 3.09. The highest BCUT2D eigenvalue weighted by Crippen LogP contribution is 2.37. The van der Waals surface area contributed by atoms with Crippen LogP contribution in [0.3, 0.4) is 0 Å². The van der Waals surface area contributed by atoms with Crippen LogP contribution in [0.4, 0.5) is 11.4 Å². The number of carbonyl (C=O) groups excluding carboxylic acids is 1. The van der Waals surface area contributed by atoms with E-state index >= 15 is 0 Å². The Morgan fingerprint density at radius 1 is 1.12 bits per heavy atom. The van der Waals surface area contributed by atoms with E-state index in [1.54, 1.807) is 11.8 Å². The molecular formula is C20H19NO3S2. The summed E-state index contributed by atoms with van der Waals surface area (Å²) < 4.78 is 11.7. The van der Waals surface area contributed by atoms with E-state index in [0.29, 0.717) is 11.5 Å². The maximum Gasteiger partial charge on any atom is 0.348 e. The van der Waals surface area contributed by atoms with Gasteiger partial charge < -0.3 is 14.8 Å². The number of nitrogens with one attached hydrogen (secondary N) is 1. The van der Waals surface area contributed by atoms with Crippen molar-refractivity contribution in [3.63, 3.8) is 0 Å². The van der Waals surface area contributed by atoms with Gasteiger partial charge in [0.15, 0.2) is 0 Å². The monoisotopic (exact) mass is 385 g/mol. The third-order valence-corrected chi connectivity index (χ3v) is 5.88. The van der Waals surface area contributed by atoms with Crippen LogP contribution in [0, 0.1) is 0 Å². The zero-order valence-electron chi connectivity index (χ0n) is 14.5. The highest BCUT2D eigenvalue weighted by molar-refractivity contribution is 8.00. The van der Waals surface area contributed by atoms with E-state index in [4.69, 9.17) is 9.47 Å². The second-order valence-corrected chi connectivity index (χ2v) is 7.56. The predicted octanol–water partition coefficient (Wildman–Crippen LogP) is 5.58. The Morgan fingerprint density at radius 2 is 1.92 bits per heavy atom. The molecule has 1 heterocycles. The highest BCUT2D eigenvalue weighted by atomic mass is 32.2. The zero-order valence-corrected chi connectivity index (χ0v) is 16.2. The van der Waals surface area contributed by atoms with E-state index in [2.05, 4.69) is 5.32 Å². The van der Waals surface area contributed by atoms with Gasteiger partial charge in [-0.3, -0.25) is 0 Å². The van der Waals surface area contributed by atoms with E-state index in [1.807, 2.05) is 66.9 Å². The largest absolute Gasteiger partial charge is 0.489 e. The van der Waals surface area contributed by atoms with E-state index in [0.717, 1.165) is 26.9 Å². The minimum atomic E-state index is -0.321. The summed E-state index contributed by atoms with van der Waals surface area (Å²) in [6.07, 6.45) is 1.98. The van der Waals surface area contributed by atoms with Crippen molar-refractivity contribution in [2.75, 3.05) is 18.7 Å². The van der Waals surface area contributed by atoms with Gasteiger partial charge in [-0.1, -0.05) is 36.4 Å². The van der Waals surface area contributed by atoms with Crippen LogP contribution in [0.2, 0.25) is 0 Å². The molecule has 0 radical (unpaired) electrons. The van der Waals surface area contributed by atoms with Crippen LogP contribution in [0.1, 0.15) is 15.2 Å². The summed E-state index contributed by atoms with van der Waals surface area (Å²) in [4.78, 5) is 12.3. The molecule has 3 aromatic rings. The molecule has 0 saturated heterocycles. The number of hydrogen-bond acceptors (Lipinski definition) is 6. The number of thiophene rings is 1. The van der Waals surface area contributed by atoms with Crippen molar-refractivity contribution in [1.82, 2.24) is 0 Å². The first-order valence-corrected chi connectivity index (χ1v) is 10.0. The fraction of sp³-hybridized carbons (Fsp3) is 0.150. The van der Waals surface area contributed by atoms with Gasteiger partial charge in [0.25, 0.3) is 0 Å². The second-order valence-electron chi connectivity index (χ2n) is 5.43. The molecule has 1 N–H and O–H groups in total. The average molecular weight is 386 g/mol. The summed E-state index contributed by atoms with van der Waals surface area (Å²) in [5.41, 5.74) is 2.92. The van der Waals surface area contributed by atoms with E-state index in [9.17, 15) is 4.79 Å². The normalized spacial score (nSPS) is 10.4. The molecule has 0 atom stereocenters. The molecule has 0 fully saturated rings. The molecule has 0 unspecified atom stereocenters. The Kier molecular flexibility index (Phi) is 6.20. The number of esters is 1. The van der Waals surface area contributed by atoms with Gasteiger partial charge in [0.1, 0.15) is 17.2 Å². The first-order valence-electron chi connectivity index (χ1n) is 7.99. The predicted molar refractivity (Wildman–Crippen MR) is 108 cm³/mol. The van der Waals surface area contributed by atoms with Gasteiger partial charge >= 0.3 is 5.97 Å². The lowest BCUT2D eigenvalue weighted by Crippen LogP contribution is -1.97. The smallest absolute Gasteiger partial charge is 0.348 e. The summed E-state index contributed by atoms with van der Waals surface area (Å²) in [6, 6.07) is 19.6. The minimum Gasteiger partial charge on any atom is -0.489 e. The molecule has 4 nitrogen and oxygen atoms in total. The molecule has 6 heteroatoms. The first-order chi connectivity index (χ1) is 12.7. The van der Waals surface area contributed by atoms with Crippen molar-refractivity contribution in [1.29, 1.82) is 0 Å². The molecule has 134 valence electrons. The van der Waals surface area contributed by atoms with E-state index in [-0.39, 0.29) is 5.97 Å². The third kappa shape index (κ3) is 4.59. The molecule has 26 heavy (non-hydrogen) atoms. The molecule has 3 rings (SSSR count). The van der Waals surface area contributed by atoms with Gasteiger partial charge in [0.2, 0.25) is 0 Å². The summed E-state index contributed by atoms with van der Waals surface area (Å²) >= 11 is 3.01. The standard InChI is InChI=1S/C20H19NO3S2/c1-23-19(22)18-12-17(20(25-2)26-18)21-15-9-6-10-16(11-15)24-13-14-7-4-3-5-8-14/h3-12,21H,13H2,1-2H3. The Labute approximate surface area is 161 Å². The number of anilines is 2. The fourth-order valence-electron chi connectivity index (χ4n) is 2.37. The minimum absolute atomic E-state index is 0.321. The Balaban J connectivity index is 1.72. The van der Waals surface area contributed by atoms with Crippen molar-refractivity contribution in [2.24, 2.45) is 0 Å². The summed E-state index contributed by atoms with van der Waals surface area (Å²) in [5, 5.41) is 3.36. The molecular weight excluding hydrogens is 366 g/mol. The zero-order chi connectivity index (χ0) is 18.4. The van der Waals surface area contributed by atoms with Gasteiger partial charge in [0, 0.05) is 11.8 Å². The van der Waals surface area contributed by atoms with Crippen molar-refractivity contribution in [3.8, 4) is 5.75 Å². The number of hydrogen-bond donors (Lipinski definition) is 1. The maximum absolute atomic E-state index is 11.8. The molecule has 0 aliphatic heterocycles. The molecule has 0 spiro atoms. The quantitative estimate of drug-likeness (QED) is 0.425. The summed E-state index contributed by atoms with van der Waals surface area (Å²) in [5.74, 6) is 0.464. The number of thioether (sulfide) groups is 1. The number of benzene rings is 2. The first kappa shape index (κ1) is 18.4. The Hall–Kier alpha value is -2.44. The number of ether oxygens (including phenoxy) is 2. The van der Waals surface area contributed by atoms with Crippen LogP contribution >= 0.6 is 23.1 Å². The van der Waals surface area contributed by atoms with Crippen molar-refractivity contribution in [2.45, 2.75) is 10.8 Å². The van der Waals surface area contributed by atoms with Gasteiger partial charge in [-0.15, -0.1) is 23.1 Å². The third-order valence-electron chi connectivity index (χ3n) is 3.63. The second kappa shape index (κ2) is 8.78. The number of carbonyl (C=O) groups is 1. The van der Waals surface area contributed by atoms with Crippen molar-refractivity contribution >= 4 is 40.4 Å². The molecule has 0 aliphatic carbocycles. The highest BCUT2D eigenvalue weighted by Gasteiger charge is 2.15. The SMILES string of the molecule is COC(=O)c1cc(Nc2cccc(OCc3ccccc3)c2)c(SC)s1. The summed E-state index contributed by atoms with van der Waals surface area (Å²) in [7, 11) is 1.39. The van der Waals surface area contributed by atoms with Crippen LogP contribution in [0.25, 0.3) is 0 Å². The van der Waals surface area contributed by atoms with Crippen molar-refractivity contribution in [3.05, 3.63) is 71.1 Å². The Bertz CT molecular complexity index is 878. The van der Waals surface area contributed by atoms with Crippen LogP contribution in [-0.2, 0) is 11.3 Å². The van der Waals surface area contributed by atoms with Crippen LogP contribution in [0.5, 0.6) is 5.75 Å².